The SMILES string of the molecule is CCCCC(CC)COC1(C#N)CCC(C2CCCCC2)CC1. The average molecular weight is 320 g/mol. The lowest BCUT2D eigenvalue weighted by Gasteiger charge is -2.39. The quantitative estimate of drug-likeness (QED) is 0.529. The predicted molar refractivity (Wildman–Crippen MR) is 96.1 cm³/mol. The van der Waals surface area contributed by atoms with Crippen LogP contribution < -0.4 is 0 Å². The van der Waals surface area contributed by atoms with E-state index in [-0.39, 0.29) is 0 Å². The number of ether oxygens (including phenoxy) is 1. The molecule has 2 heteroatoms. The van der Waals surface area contributed by atoms with Gasteiger partial charge in [-0.25, -0.2) is 0 Å². The van der Waals surface area contributed by atoms with Gasteiger partial charge in [0.2, 0.25) is 0 Å². The molecule has 1 atom stereocenters. The van der Waals surface area contributed by atoms with E-state index in [1.54, 1.807) is 0 Å². The average Bonchev–Trinajstić information content (AvgIpc) is 2.63. The van der Waals surface area contributed by atoms with Crippen LogP contribution in [0.5, 0.6) is 0 Å². The van der Waals surface area contributed by atoms with Crippen LogP contribution in [0.15, 0.2) is 0 Å². The Labute approximate surface area is 144 Å². The summed E-state index contributed by atoms with van der Waals surface area (Å²) in [6, 6.07) is 2.55. The molecule has 0 radical (unpaired) electrons. The molecule has 0 heterocycles. The molecule has 2 aliphatic rings. The Bertz CT molecular complexity index is 359. The zero-order valence-electron chi connectivity index (χ0n) is 15.5. The maximum absolute atomic E-state index is 9.72. The summed E-state index contributed by atoms with van der Waals surface area (Å²) in [4.78, 5) is 0. The highest BCUT2D eigenvalue weighted by atomic mass is 16.5. The first-order valence-corrected chi connectivity index (χ1v) is 10.3. The van der Waals surface area contributed by atoms with Gasteiger partial charge in [-0.2, -0.15) is 5.26 Å². The zero-order valence-corrected chi connectivity index (χ0v) is 15.5. The Morgan fingerprint density at radius 3 is 2.26 bits per heavy atom. The van der Waals surface area contributed by atoms with E-state index in [1.807, 2.05) is 0 Å². The standard InChI is InChI=1S/C21H37NO/c1-3-5-9-18(4-2)16-23-21(17-22)14-12-20(13-15-21)19-10-7-6-8-11-19/h18-20H,3-16H2,1-2H3. The van der Waals surface area contributed by atoms with Gasteiger partial charge < -0.3 is 4.74 Å². The largest absolute Gasteiger partial charge is 0.360 e. The molecule has 2 saturated carbocycles. The van der Waals surface area contributed by atoms with Gasteiger partial charge in [0.15, 0.2) is 5.60 Å². The Morgan fingerprint density at radius 1 is 1.04 bits per heavy atom. The molecule has 0 aliphatic heterocycles. The number of unbranched alkanes of at least 4 members (excludes halogenated alkanes) is 1. The maximum atomic E-state index is 9.72. The molecule has 0 spiro atoms. The summed E-state index contributed by atoms with van der Waals surface area (Å²) >= 11 is 0. The summed E-state index contributed by atoms with van der Waals surface area (Å²) in [6.07, 6.45) is 16.5. The molecule has 0 aromatic rings. The van der Waals surface area contributed by atoms with Gasteiger partial charge in [0.25, 0.3) is 0 Å². The highest BCUT2D eigenvalue weighted by Crippen LogP contribution is 2.42. The summed E-state index contributed by atoms with van der Waals surface area (Å²) in [5.74, 6) is 2.44. The van der Waals surface area contributed by atoms with Gasteiger partial charge in [0.1, 0.15) is 0 Å². The highest BCUT2D eigenvalue weighted by Gasteiger charge is 2.39. The minimum Gasteiger partial charge on any atom is -0.360 e. The van der Waals surface area contributed by atoms with E-state index < -0.39 is 5.60 Å². The van der Waals surface area contributed by atoms with Gasteiger partial charge in [0.05, 0.1) is 12.7 Å². The number of nitriles is 1. The van der Waals surface area contributed by atoms with Crippen molar-refractivity contribution in [2.75, 3.05) is 6.61 Å². The number of rotatable bonds is 8. The summed E-state index contributed by atoms with van der Waals surface area (Å²) in [5, 5.41) is 9.72. The lowest BCUT2D eigenvalue weighted by Crippen LogP contribution is -2.38. The number of nitrogens with zero attached hydrogens (tertiary/aromatic N) is 1. The molecule has 132 valence electrons. The van der Waals surface area contributed by atoms with Crippen molar-refractivity contribution in [3.8, 4) is 6.07 Å². The van der Waals surface area contributed by atoms with Crippen molar-refractivity contribution in [2.45, 2.75) is 103 Å². The molecule has 2 fully saturated rings. The first kappa shape index (κ1) is 18.8. The zero-order chi connectivity index (χ0) is 16.5. The molecular weight excluding hydrogens is 282 g/mol. The van der Waals surface area contributed by atoms with E-state index >= 15 is 0 Å². The topological polar surface area (TPSA) is 33.0 Å². The fourth-order valence-electron chi connectivity index (χ4n) is 4.65. The number of hydrogen-bond acceptors (Lipinski definition) is 2. The minimum absolute atomic E-state index is 0.467. The Balaban J connectivity index is 1.79. The van der Waals surface area contributed by atoms with Gasteiger partial charge in [-0.15, -0.1) is 0 Å². The van der Waals surface area contributed by atoms with Crippen LogP contribution in [0.1, 0.15) is 97.3 Å². The third-order valence-electron chi connectivity index (χ3n) is 6.50. The fraction of sp³-hybridized carbons (Fsp3) is 0.952. The van der Waals surface area contributed by atoms with E-state index in [0.717, 1.165) is 31.3 Å². The molecule has 0 amide bonds. The van der Waals surface area contributed by atoms with Crippen LogP contribution >= 0.6 is 0 Å². The molecule has 0 aromatic heterocycles. The number of hydrogen-bond donors (Lipinski definition) is 0. The smallest absolute Gasteiger partial charge is 0.154 e. The van der Waals surface area contributed by atoms with Crippen LogP contribution in [0.3, 0.4) is 0 Å². The molecular formula is C21H37NO. The van der Waals surface area contributed by atoms with E-state index in [0.29, 0.717) is 5.92 Å². The van der Waals surface area contributed by atoms with E-state index in [4.69, 9.17) is 4.74 Å². The Kier molecular flexibility index (Phi) is 7.90. The van der Waals surface area contributed by atoms with Crippen molar-refractivity contribution >= 4 is 0 Å². The highest BCUT2D eigenvalue weighted by molar-refractivity contribution is 5.05. The van der Waals surface area contributed by atoms with Crippen LogP contribution in [0.4, 0.5) is 0 Å². The van der Waals surface area contributed by atoms with E-state index in [2.05, 4.69) is 19.9 Å². The van der Waals surface area contributed by atoms with Gasteiger partial charge in [-0.05, 0) is 49.9 Å². The molecule has 2 rings (SSSR count). The molecule has 1 unspecified atom stereocenters. The van der Waals surface area contributed by atoms with Crippen molar-refractivity contribution in [1.82, 2.24) is 0 Å². The third kappa shape index (κ3) is 5.49. The van der Waals surface area contributed by atoms with Gasteiger partial charge in [-0.1, -0.05) is 65.2 Å². The van der Waals surface area contributed by atoms with Crippen molar-refractivity contribution in [1.29, 1.82) is 5.26 Å². The second kappa shape index (κ2) is 9.67. The van der Waals surface area contributed by atoms with Crippen molar-refractivity contribution in [3.05, 3.63) is 0 Å². The van der Waals surface area contributed by atoms with Gasteiger partial charge in [-0.3, -0.25) is 0 Å². The normalized spacial score (nSPS) is 30.7. The molecule has 2 nitrogen and oxygen atoms in total. The van der Waals surface area contributed by atoms with E-state index in [1.165, 1.54) is 70.6 Å². The minimum atomic E-state index is -0.467. The molecule has 0 N–H and O–H groups in total. The lowest BCUT2D eigenvalue weighted by molar-refractivity contribution is -0.0588. The summed E-state index contributed by atoms with van der Waals surface area (Å²) in [6.45, 7) is 5.29. The first-order chi connectivity index (χ1) is 11.2. The summed E-state index contributed by atoms with van der Waals surface area (Å²) in [5.41, 5.74) is -0.467. The van der Waals surface area contributed by atoms with Crippen molar-refractivity contribution < 1.29 is 4.74 Å². The summed E-state index contributed by atoms with van der Waals surface area (Å²) in [7, 11) is 0. The van der Waals surface area contributed by atoms with Crippen LogP contribution in [-0.2, 0) is 4.74 Å². The fourth-order valence-corrected chi connectivity index (χ4v) is 4.65. The summed E-state index contributed by atoms with van der Waals surface area (Å²) < 4.78 is 6.24. The second-order valence-corrected chi connectivity index (χ2v) is 8.07. The predicted octanol–water partition coefficient (Wildman–Crippen LogP) is 6.25. The monoisotopic (exact) mass is 319 g/mol. The van der Waals surface area contributed by atoms with Crippen LogP contribution in [0.2, 0.25) is 0 Å². The first-order valence-electron chi connectivity index (χ1n) is 10.3. The molecule has 2 aliphatic carbocycles. The Morgan fingerprint density at radius 2 is 1.70 bits per heavy atom. The molecule has 0 aromatic carbocycles. The van der Waals surface area contributed by atoms with Crippen molar-refractivity contribution in [3.63, 3.8) is 0 Å². The van der Waals surface area contributed by atoms with Crippen LogP contribution in [-0.4, -0.2) is 12.2 Å². The van der Waals surface area contributed by atoms with E-state index in [9.17, 15) is 5.26 Å². The van der Waals surface area contributed by atoms with Gasteiger partial charge >= 0.3 is 0 Å². The molecule has 0 bridgehead atoms. The third-order valence-corrected chi connectivity index (χ3v) is 6.50. The van der Waals surface area contributed by atoms with Crippen LogP contribution in [0, 0.1) is 29.1 Å². The van der Waals surface area contributed by atoms with Crippen molar-refractivity contribution in [2.24, 2.45) is 17.8 Å². The van der Waals surface area contributed by atoms with Gasteiger partial charge in [0, 0.05) is 0 Å². The second-order valence-electron chi connectivity index (χ2n) is 8.07. The lowest BCUT2D eigenvalue weighted by atomic mass is 9.70. The molecule has 0 saturated heterocycles. The molecule has 23 heavy (non-hydrogen) atoms. The van der Waals surface area contributed by atoms with Crippen LogP contribution in [0.25, 0.3) is 0 Å². The Hall–Kier alpha value is -0.550. The maximum Gasteiger partial charge on any atom is 0.154 e.